The molecule has 4 nitrogen and oxygen atoms in total. The number of aromatic nitrogens is 2. The second-order valence-corrected chi connectivity index (χ2v) is 4.38. The van der Waals surface area contributed by atoms with Gasteiger partial charge in [-0.25, -0.2) is 9.07 Å². The lowest BCUT2D eigenvalue weighted by atomic mass is 10.2. The predicted molar refractivity (Wildman–Crippen MR) is 73.2 cm³/mol. The Morgan fingerprint density at radius 2 is 2.26 bits per heavy atom. The molecular formula is C13H13ClFN3O. The summed E-state index contributed by atoms with van der Waals surface area (Å²) in [5.41, 5.74) is 0.594. The molecule has 0 bridgehead atoms. The van der Waals surface area contributed by atoms with Crippen LogP contribution < -0.4 is 10.9 Å². The smallest absolute Gasteiger partial charge is 0.269 e. The van der Waals surface area contributed by atoms with Crippen LogP contribution in [0, 0.1) is 5.82 Å². The molecule has 19 heavy (non-hydrogen) atoms. The lowest BCUT2D eigenvalue weighted by molar-refractivity contribution is 0.572. The first-order chi connectivity index (χ1) is 9.11. The van der Waals surface area contributed by atoms with E-state index in [0.29, 0.717) is 12.2 Å². The van der Waals surface area contributed by atoms with Gasteiger partial charge in [0.2, 0.25) is 0 Å². The summed E-state index contributed by atoms with van der Waals surface area (Å²) in [4.78, 5) is 11.8. The van der Waals surface area contributed by atoms with Gasteiger partial charge in [0.1, 0.15) is 5.82 Å². The van der Waals surface area contributed by atoms with Crippen LogP contribution in [-0.4, -0.2) is 16.3 Å². The number of rotatable bonds is 4. The summed E-state index contributed by atoms with van der Waals surface area (Å²) in [6.45, 7) is 2.63. The van der Waals surface area contributed by atoms with Crippen LogP contribution in [0.2, 0.25) is 5.02 Å². The third kappa shape index (κ3) is 3.12. The molecule has 0 aliphatic carbocycles. The first-order valence-corrected chi connectivity index (χ1v) is 6.23. The summed E-state index contributed by atoms with van der Waals surface area (Å²) in [6.07, 6.45) is 1.53. The number of nitrogens with zero attached hydrogens (tertiary/aromatic N) is 2. The Labute approximate surface area is 114 Å². The van der Waals surface area contributed by atoms with Crippen LogP contribution in [0.1, 0.15) is 12.5 Å². The van der Waals surface area contributed by atoms with Gasteiger partial charge in [-0.2, -0.15) is 5.10 Å². The van der Waals surface area contributed by atoms with Crippen molar-refractivity contribution >= 4 is 17.3 Å². The number of hydrogen-bond acceptors (Lipinski definition) is 3. The topological polar surface area (TPSA) is 46.9 Å². The number of nitrogens with one attached hydrogen (secondary N) is 1. The minimum Gasteiger partial charge on any atom is -0.384 e. The lowest BCUT2D eigenvalue weighted by Crippen LogP contribution is -2.23. The van der Waals surface area contributed by atoms with Gasteiger partial charge in [-0.15, -0.1) is 0 Å². The average Bonchev–Trinajstić information content (AvgIpc) is 2.37. The van der Waals surface area contributed by atoms with Gasteiger partial charge in [0, 0.05) is 23.2 Å². The van der Waals surface area contributed by atoms with E-state index < -0.39 is 5.82 Å². The molecule has 0 spiro atoms. The zero-order chi connectivity index (χ0) is 13.8. The van der Waals surface area contributed by atoms with Gasteiger partial charge < -0.3 is 5.32 Å². The van der Waals surface area contributed by atoms with Gasteiger partial charge in [0.15, 0.2) is 0 Å². The molecule has 1 N–H and O–H groups in total. The normalized spacial score (nSPS) is 10.5. The molecule has 0 aliphatic heterocycles. The van der Waals surface area contributed by atoms with Crippen molar-refractivity contribution in [3.63, 3.8) is 0 Å². The van der Waals surface area contributed by atoms with E-state index in [0.717, 1.165) is 0 Å². The van der Waals surface area contributed by atoms with Crippen LogP contribution in [0.4, 0.5) is 10.1 Å². The molecule has 0 amide bonds. The molecule has 0 saturated carbocycles. The van der Waals surface area contributed by atoms with Gasteiger partial charge in [-0.05, 0) is 19.1 Å². The Hall–Kier alpha value is -1.88. The molecule has 1 heterocycles. The standard InChI is InChI=1S/C13H13ClFN3O/c1-2-16-9-6-13(19)18(17-7-9)8-10-11(14)4-3-5-12(10)15/h3-7,16H,2,8H2,1H3. The zero-order valence-corrected chi connectivity index (χ0v) is 11.1. The summed E-state index contributed by atoms with van der Waals surface area (Å²) in [5, 5.41) is 7.26. The van der Waals surface area contributed by atoms with Crippen LogP contribution >= 0.6 is 11.6 Å². The average molecular weight is 282 g/mol. The summed E-state index contributed by atoms with van der Waals surface area (Å²) in [7, 11) is 0. The van der Waals surface area contributed by atoms with E-state index >= 15 is 0 Å². The summed E-state index contributed by atoms with van der Waals surface area (Å²) in [5.74, 6) is -0.447. The second-order valence-electron chi connectivity index (χ2n) is 3.97. The highest BCUT2D eigenvalue weighted by Gasteiger charge is 2.09. The van der Waals surface area contributed by atoms with Crippen LogP contribution in [-0.2, 0) is 6.54 Å². The van der Waals surface area contributed by atoms with E-state index in [4.69, 9.17) is 11.6 Å². The maximum Gasteiger partial charge on any atom is 0.269 e. The van der Waals surface area contributed by atoms with Crippen LogP contribution in [0.15, 0.2) is 35.3 Å². The fourth-order valence-electron chi connectivity index (χ4n) is 1.69. The molecule has 0 atom stereocenters. The molecule has 6 heteroatoms. The van der Waals surface area contributed by atoms with Gasteiger partial charge >= 0.3 is 0 Å². The molecule has 2 rings (SSSR count). The molecule has 0 saturated heterocycles. The highest BCUT2D eigenvalue weighted by atomic mass is 35.5. The predicted octanol–water partition coefficient (Wildman–Crippen LogP) is 2.52. The SMILES string of the molecule is CCNc1cnn(Cc2c(F)cccc2Cl)c(=O)c1. The number of hydrogen-bond donors (Lipinski definition) is 1. The minimum absolute atomic E-state index is 0.0107. The third-order valence-corrected chi connectivity index (χ3v) is 2.97. The van der Waals surface area contributed by atoms with Gasteiger partial charge in [-0.3, -0.25) is 4.79 Å². The maximum atomic E-state index is 13.6. The van der Waals surface area contributed by atoms with Crippen molar-refractivity contribution < 1.29 is 4.39 Å². The van der Waals surface area contributed by atoms with Crippen molar-refractivity contribution in [2.75, 3.05) is 11.9 Å². The van der Waals surface area contributed by atoms with E-state index in [1.807, 2.05) is 6.92 Å². The maximum absolute atomic E-state index is 13.6. The first-order valence-electron chi connectivity index (χ1n) is 5.85. The van der Waals surface area contributed by atoms with E-state index in [1.165, 1.54) is 29.1 Å². The Balaban J connectivity index is 2.31. The Morgan fingerprint density at radius 1 is 1.47 bits per heavy atom. The molecule has 100 valence electrons. The molecule has 0 unspecified atom stereocenters. The van der Waals surface area contributed by atoms with Crippen LogP contribution in [0.3, 0.4) is 0 Å². The van der Waals surface area contributed by atoms with Crippen molar-refractivity contribution in [2.24, 2.45) is 0 Å². The Kier molecular flexibility index (Phi) is 4.16. The largest absolute Gasteiger partial charge is 0.384 e. The molecule has 0 radical (unpaired) electrons. The van der Waals surface area contributed by atoms with E-state index in [2.05, 4.69) is 10.4 Å². The highest BCUT2D eigenvalue weighted by Crippen LogP contribution is 2.19. The molecule has 1 aromatic heterocycles. The number of benzene rings is 1. The summed E-state index contributed by atoms with van der Waals surface area (Å²) in [6, 6.07) is 5.83. The number of halogens is 2. The van der Waals surface area contributed by atoms with Gasteiger partial charge in [0.05, 0.1) is 18.4 Å². The Bertz CT molecular complexity index is 622. The zero-order valence-electron chi connectivity index (χ0n) is 10.4. The molecular weight excluding hydrogens is 269 g/mol. The van der Waals surface area contributed by atoms with Crippen molar-refractivity contribution in [1.29, 1.82) is 0 Å². The van der Waals surface area contributed by atoms with E-state index in [9.17, 15) is 9.18 Å². The molecule has 0 aliphatic rings. The highest BCUT2D eigenvalue weighted by molar-refractivity contribution is 6.31. The summed E-state index contributed by atoms with van der Waals surface area (Å²) >= 11 is 5.92. The monoisotopic (exact) mass is 281 g/mol. The van der Waals surface area contributed by atoms with Gasteiger partial charge in [0.25, 0.3) is 5.56 Å². The fraction of sp³-hybridized carbons (Fsp3) is 0.231. The third-order valence-electron chi connectivity index (χ3n) is 2.62. The van der Waals surface area contributed by atoms with E-state index in [-0.39, 0.29) is 22.7 Å². The fourth-order valence-corrected chi connectivity index (χ4v) is 1.91. The summed E-state index contributed by atoms with van der Waals surface area (Å²) < 4.78 is 14.8. The molecule has 0 fully saturated rings. The first kappa shape index (κ1) is 13.5. The van der Waals surface area contributed by atoms with Crippen molar-refractivity contribution in [1.82, 2.24) is 9.78 Å². The minimum atomic E-state index is -0.447. The Morgan fingerprint density at radius 3 is 2.89 bits per heavy atom. The van der Waals surface area contributed by atoms with E-state index in [1.54, 1.807) is 6.07 Å². The van der Waals surface area contributed by atoms with Crippen LogP contribution in [0.5, 0.6) is 0 Å². The quantitative estimate of drug-likeness (QED) is 0.937. The van der Waals surface area contributed by atoms with Crippen molar-refractivity contribution in [3.05, 3.63) is 57.2 Å². The second kappa shape index (κ2) is 5.84. The van der Waals surface area contributed by atoms with Crippen molar-refractivity contribution in [3.8, 4) is 0 Å². The van der Waals surface area contributed by atoms with Crippen LogP contribution in [0.25, 0.3) is 0 Å². The number of anilines is 1. The van der Waals surface area contributed by atoms with Gasteiger partial charge in [-0.1, -0.05) is 17.7 Å². The molecule has 1 aromatic carbocycles. The molecule has 2 aromatic rings. The van der Waals surface area contributed by atoms with Crippen molar-refractivity contribution in [2.45, 2.75) is 13.5 Å². The lowest BCUT2D eigenvalue weighted by Gasteiger charge is -2.08.